The van der Waals surface area contributed by atoms with E-state index in [9.17, 15) is 38.4 Å². The van der Waals surface area contributed by atoms with Gasteiger partial charge in [-0.05, 0) is 0 Å². The third-order valence-electron chi connectivity index (χ3n) is 6.35. The summed E-state index contributed by atoms with van der Waals surface area (Å²) in [5.74, 6) is -5.56. The van der Waals surface area contributed by atoms with Gasteiger partial charge in [-0.1, -0.05) is 0 Å². The first-order valence-electron chi connectivity index (χ1n) is 14.5. The van der Waals surface area contributed by atoms with Crippen molar-refractivity contribution in [3.63, 3.8) is 0 Å². The van der Waals surface area contributed by atoms with Crippen molar-refractivity contribution in [2.45, 2.75) is 127 Å². The van der Waals surface area contributed by atoms with E-state index in [4.69, 9.17) is 37.9 Å². The molecule has 0 aliphatic carbocycles. The monoisotopic (exact) mass is 820 g/mol. The molecule has 2 amide bonds. The van der Waals surface area contributed by atoms with Crippen LogP contribution in [0.2, 0.25) is 10.6 Å². The predicted octanol–water partition coefficient (Wildman–Crippen LogP) is -1.54. The summed E-state index contributed by atoms with van der Waals surface area (Å²) in [6.45, 7) is 9.18. The molecule has 18 nitrogen and oxygen atoms in total. The predicted molar refractivity (Wildman–Crippen MR) is 159 cm³/mol. The second-order valence-electron chi connectivity index (χ2n) is 10.6. The second kappa shape index (κ2) is 19.0. The van der Waals surface area contributed by atoms with Crippen LogP contribution in [0, 0.1) is 0 Å². The first-order valence-corrected chi connectivity index (χ1v) is 21.3. The third-order valence-corrected chi connectivity index (χ3v) is 13.4. The summed E-state index contributed by atoms with van der Waals surface area (Å²) in [5.41, 5.74) is 0. The summed E-state index contributed by atoms with van der Waals surface area (Å²) in [6, 6.07) is -2.41. The molecular formula is C28H40N2O16Se2. The standard InChI is InChI=1S/C28H40N2O16Se2/c1-11(31)29-21-25(41-15(5)35)23(39-13(3)33)19(45-27(21)43-17(7)37)9-47-48-10-20-24(40-14(4)34)26(42-16(6)36)22(30-12(2)32)28(46-20)44-18(8)38/h19-28H,9-10H2,1-8H3,(H,29,31)(H,30,32)/t19-,20-,21+,22+,23-,24-,25-,26-,27?,28?/m1/s1. The van der Waals surface area contributed by atoms with Crippen LogP contribution in [0.25, 0.3) is 0 Å². The van der Waals surface area contributed by atoms with E-state index < -0.39 is 109 Å². The summed E-state index contributed by atoms with van der Waals surface area (Å²) in [6.07, 6.45) is -9.68. The topological polar surface area (TPSA) is 234 Å². The second-order valence-corrected chi connectivity index (χ2v) is 18.1. The van der Waals surface area contributed by atoms with Crippen molar-refractivity contribution < 1.29 is 76.3 Å². The van der Waals surface area contributed by atoms with Gasteiger partial charge in [0.2, 0.25) is 0 Å². The summed E-state index contributed by atoms with van der Waals surface area (Å²) < 4.78 is 44.6. The van der Waals surface area contributed by atoms with Crippen molar-refractivity contribution in [2.24, 2.45) is 0 Å². The number of hydrogen-bond donors (Lipinski definition) is 2. The van der Waals surface area contributed by atoms with Gasteiger partial charge < -0.3 is 0 Å². The van der Waals surface area contributed by atoms with Gasteiger partial charge in [0.05, 0.1) is 0 Å². The van der Waals surface area contributed by atoms with Crippen LogP contribution < -0.4 is 10.6 Å². The first kappa shape index (κ1) is 40.9. The Labute approximate surface area is 287 Å². The fourth-order valence-corrected chi connectivity index (χ4v) is 12.1. The van der Waals surface area contributed by atoms with Gasteiger partial charge in [0.15, 0.2) is 0 Å². The number of rotatable bonds is 13. The average Bonchev–Trinajstić information content (AvgIpc) is 2.92. The summed E-state index contributed by atoms with van der Waals surface area (Å²) in [7, 11) is 0. The van der Waals surface area contributed by atoms with Crippen molar-refractivity contribution in [3.05, 3.63) is 0 Å². The maximum atomic E-state index is 12.1. The van der Waals surface area contributed by atoms with Crippen LogP contribution in [-0.2, 0) is 76.3 Å². The van der Waals surface area contributed by atoms with E-state index in [2.05, 4.69) is 10.6 Å². The van der Waals surface area contributed by atoms with Gasteiger partial charge in [-0.2, -0.15) is 0 Å². The van der Waals surface area contributed by atoms with Gasteiger partial charge in [-0.25, -0.2) is 0 Å². The van der Waals surface area contributed by atoms with Crippen LogP contribution in [0.3, 0.4) is 0 Å². The zero-order valence-electron chi connectivity index (χ0n) is 27.5. The van der Waals surface area contributed by atoms with Crippen LogP contribution in [0.4, 0.5) is 0 Å². The van der Waals surface area contributed by atoms with E-state index in [1.165, 1.54) is 13.8 Å². The Kier molecular flexibility index (Phi) is 16.2. The number of carbonyl (C=O) groups excluding carboxylic acids is 8. The quantitative estimate of drug-likeness (QED) is 0.0928. The molecule has 2 rings (SSSR count). The van der Waals surface area contributed by atoms with E-state index in [-0.39, 0.29) is 36.9 Å². The average molecular weight is 819 g/mol. The summed E-state index contributed by atoms with van der Waals surface area (Å²) in [5, 5.41) is 5.51. The molecule has 0 aromatic heterocycles. The van der Waals surface area contributed by atoms with Gasteiger partial charge >= 0.3 is 288 Å². The Morgan fingerprint density at radius 1 is 0.458 bits per heavy atom. The Hall–Kier alpha value is -3.28. The zero-order chi connectivity index (χ0) is 36.3. The molecule has 2 N–H and O–H groups in total. The molecule has 0 aromatic carbocycles. The zero-order valence-corrected chi connectivity index (χ0v) is 31.0. The van der Waals surface area contributed by atoms with Crippen molar-refractivity contribution in [1.82, 2.24) is 10.6 Å². The summed E-state index contributed by atoms with van der Waals surface area (Å²) in [4.78, 5) is 96.2. The Morgan fingerprint density at radius 2 is 0.729 bits per heavy atom. The van der Waals surface area contributed by atoms with Crippen LogP contribution in [0.15, 0.2) is 0 Å². The molecular weight excluding hydrogens is 778 g/mol. The molecule has 2 fully saturated rings. The van der Waals surface area contributed by atoms with Gasteiger partial charge in [-0.3, -0.25) is 0 Å². The first-order chi connectivity index (χ1) is 22.4. The van der Waals surface area contributed by atoms with Crippen LogP contribution >= 0.6 is 0 Å². The Morgan fingerprint density at radius 3 is 0.979 bits per heavy atom. The molecule has 2 saturated heterocycles. The van der Waals surface area contributed by atoms with E-state index >= 15 is 0 Å². The normalized spacial score (nSPS) is 29.7. The molecule has 0 aromatic rings. The molecule has 2 aliphatic heterocycles. The van der Waals surface area contributed by atoms with Crippen LogP contribution in [-0.4, -0.2) is 135 Å². The minimum atomic E-state index is -1.40. The van der Waals surface area contributed by atoms with Crippen molar-refractivity contribution in [3.8, 4) is 0 Å². The van der Waals surface area contributed by atoms with E-state index in [1.54, 1.807) is 0 Å². The number of ether oxygens (including phenoxy) is 8. The van der Waals surface area contributed by atoms with E-state index in [0.717, 1.165) is 41.5 Å². The van der Waals surface area contributed by atoms with Crippen LogP contribution in [0.1, 0.15) is 55.4 Å². The van der Waals surface area contributed by atoms with Gasteiger partial charge in [0, 0.05) is 0 Å². The Bertz CT molecular complexity index is 1140. The maximum absolute atomic E-state index is 12.1. The number of esters is 6. The van der Waals surface area contributed by atoms with Gasteiger partial charge in [-0.15, -0.1) is 0 Å². The molecule has 2 heterocycles. The SMILES string of the molecule is CC(=O)N[C@@H]1C(OC(C)=O)O[C@H](C[Se][Se]C[C@H]2OC(OC(C)=O)[C@@H](NC(C)=O)[C@@H](OC(C)=O)[C@@H]2OC(C)=O)[C@@H](OC(C)=O)[C@@H]1OC(C)=O. The van der Waals surface area contributed by atoms with Crippen molar-refractivity contribution in [1.29, 1.82) is 0 Å². The molecule has 20 heteroatoms. The molecule has 0 spiro atoms. The molecule has 48 heavy (non-hydrogen) atoms. The molecule has 2 aliphatic rings. The van der Waals surface area contributed by atoms with Gasteiger partial charge in [0.25, 0.3) is 0 Å². The van der Waals surface area contributed by atoms with Crippen molar-refractivity contribution >= 4 is 73.9 Å². The fraction of sp³-hybridized carbons (Fsp3) is 0.714. The molecule has 0 bridgehead atoms. The van der Waals surface area contributed by atoms with Gasteiger partial charge in [0.1, 0.15) is 0 Å². The number of carbonyl (C=O) groups is 8. The van der Waals surface area contributed by atoms with E-state index in [1.807, 2.05) is 0 Å². The van der Waals surface area contributed by atoms with Crippen molar-refractivity contribution in [2.75, 3.05) is 0 Å². The molecule has 270 valence electrons. The Balaban J connectivity index is 2.35. The number of hydrogen-bond acceptors (Lipinski definition) is 16. The molecule has 2 unspecified atom stereocenters. The molecule has 10 atom stereocenters. The molecule has 0 saturated carbocycles. The summed E-state index contributed by atoms with van der Waals surface area (Å²) >= 11 is -0.657. The third kappa shape index (κ3) is 13.0. The minimum absolute atomic E-state index is 0.216. The number of amides is 2. The fourth-order valence-electron chi connectivity index (χ4n) is 4.94. The number of nitrogens with one attached hydrogen (secondary N) is 2. The molecule has 0 radical (unpaired) electrons. The van der Waals surface area contributed by atoms with Crippen LogP contribution in [0.5, 0.6) is 0 Å². The van der Waals surface area contributed by atoms with E-state index in [0.29, 0.717) is 0 Å².